The van der Waals surface area contributed by atoms with E-state index in [1.54, 1.807) is 24.5 Å². The smallest absolute Gasteiger partial charge is 0.336 e. The zero-order valence-electron chi connectivity index (χ0n) is 11.3. The van der Waals surface area contributed by atoms with E-state index < -0.39 is 0 Å². The summed E-state index contributed by atoms with van der Waals surface area (Å²) in [6, 6.07) is 5.51. The first-order chi connectivity index (χ1) is 10.7. The van der Waals surface area contributed by atoms with Crippen LogP contribution in [0.5, 0.6) is 5.75 Å². The Morgan fingerprint density at radius 2 is 1.91 bits per heavy atom. The lowest BCUT2D eigenvalue weighted by Crippen LogP contribution is -2.17. The standard InChI is InChI=1S/C18H8O4/c19-15-3-1-2-9-6-12-13(7-11(9)15)17-10(4-5-21-17)18-14(12)8-16(20)22-18/h1-8H. The number of hydrogen-bond acceptors (Lipinski definition) is 4. The Bertz CT molecular complexity index is 1180. The second-order valence-electron chi connectivity index (χ2n) is 5.35. The molecule has 0 saturated heterocycles. The predicted octanol–water partition coefficient (Wildman–Crippen LogP) is 1.82. The molecule has 1 aliphatic carbocycles. The van der Waals surface area contributed by atoms with Crippen LogP contribution in [0.4, 0.5) is 0 Å². The normalized spacial score (nSPS) is 15.5. The lowest BCUT2D eigenvalue weighted by Gasteiger charge is -2.08. The Balaban J connectivity index is 2.10. The number of carbonyl (C=O) groups is 2. The summed E-state index contributed by atoms with van der Waals surface area (Å²) in [5, 5.41) is 3.98. The van der Waals surface area contributed by atoms with Crippen molar-refractivity contribution in [3.63, 3.8) is 0 Å². The highest BCUT2D eigenvalue weighted by Crippen LogP contribution is 2.32. The number of ketones is 1. The molecule has 1 aromatic heterocycles. The van der Waals surface area contributed by atoms with Crippen molar-refractivity contribution in [2.75, 3.05) is 0 Å². The van der Waals surface area contributed by atoms with E-state index in [-0.39, 0.29) is 11.8 Å². The molecule has 2 aromatic carbocycles. The third-order valence-corrected chi connectivity index (χ3v) is 4.13. The first-order valence-electron chi connectivity index (χ1n) is 6.85. The molecule has 2 aliphatic rings. The number of rotatable bonds is 0. The average Bonchev–Trinajstić information content (AvgIpc) is 3.12. The third kappa shape index (κ3) is 1.31. The van der Waals surface area contributed by atoms with Crippen LogP contribution in [0.1, 0.15) is 10.4 Å². The molecule has 22 heavy (non-hydrogen) atoms. The van der Waals surface area contributed by atoms with E-state index in [2.05, 4.69) is 0 Å². The van der Waals surface area contributed by atoms with Crippen LogP contribution in [-0.2, 0) is 4.79 Å². The molecule has 0 radical (unpaired) electrons. The second kappa shape index (κ2) is 3.74. The van der Waals surface area contributed by atoms with Gasteiger partial charge in [0.2, 0.25) is 0 Å². The SMILES string of the molecule is O=C1C=c2c(c3ccoc3c3cc4c(cc23)=CC=CC4=O)O1. The van der Waals surface area contributed by atoms with Crippen molar-refractivity contribution >= 4 is 45.6 Å². The van der Waals surface area contributed by atoms with E-state index in [0.717, 1.165) is 26.6 Å². The molecule has 0 saturated carbocycles. The highest BCUT2D eigenvalue weighted by atomic mass is 16.5. The van der Waals surface area contributed by atoms with Crippen LogP contribution in [-0.4, -0.2) is 11.8 Å². The molecule has 0 N–H and O–H groups in total. The van der Waals surface area contributed by atoms with Crippen molar-refractivity contribution in [2.24, 2.45) is 0 Å². The van der Waals surface area contributed by atoms with Gasteiger partial charge in [0.25, 0.3) is 0 Å². The van der Waals surface area contributed by atoms with Crippen molar-refractivity contribution < 1.29 is 18.7 Å². The van der Waals surface area contributed by atoms with Crippen molar-refractivity contribution in [3.8, 4) is 5.75 Å². The van der Waals surface area contributed by atoms with Crippen LogP contribution >= 0.6 is 0 Å². The van der Waals surface area contributed by atoms with Gasteiger partial charge in [0, 0.05) is 22.2 Å². The van der Waals surface area contributed by atoms with Gasteiger partial charge in [-0.25, -0.2) is 4.79 Å². The van der Waals surface area contributed by atoms with Gasteiger partial charge >= 0.3 is 5.97 Å². The number of allylic oxidation sites excluding steroid dienone is 2. The summed E-state index contributed by atoms with van der Waals surface area (Å²) in [5.74, 6) is 0.109. The molecule has 4 nitrogen and oxygen atoms in total. The van der Waals surface area contributed by atoms with Gasteiger partial charge in [0.05, 0.1) is 11.6 Å². The van der Waals surface area contributed by atoms with Crippen LogP contribution in [0.3, 0.4) is 0 Å². The molecule has 4 heteroatoms. The van der Waals surface area contributed by atoms with Gasteiger partial charge in [-0.1, -0.05) is 12.2 Å². The fraction of sp³-hybridized carbons (Fsp3) is 0. The number of hydrogen-bond donors (Lipinski definition) is 0. The number of furan rings is 1. The quantitative estimate of drug-likeness (QED) is 0.468. The molecule has 0 amide bonds. The summed E-state index contributed by atoms with van der Waals surface area (Å²) in [6.07, 6.45) is 8.19. The topological polar surface area (TPSA) is 56.5 Å². The Hall–Kier alpha value is -3.14. The van der Waals surface area contributed by atoms with Crippen LogP contribution in [0.25, 0.3) is 33.9 Å². The molecular formula is C18H8O4. The number of ether oxygens (including phenoxy) is 1. The maximum absolute atomic E-state index is 12.1. The fourth-order valence-corrected chi connectivity index (χ4v) is 3.17. The molecule has 104 valence electrons. The van der Waals surface area contributed by atoms with Crippen molar-refractivity contribution in [1.29, 1.82) is 0 Å². The summed E-state index contributed by atoms with van der Waals surface area (Å²) >= 11 is 0. The van der Waals surface area contributed by atoms with Gasteiger partial charge < -0.3 is 9.15 Å². The van der Waals surface area contributed by atoms with E-state index in [4.69, 9.17) is 9.15 Å². The van der Waals surface area contributed by atoms with E-state index in [9.17, 15) is 9.59 Å². The molecule has 5 rings (SSSR count). The molecule has 0 fully saturated rings. The van der Waals surface area contributed by atoms with Gasteiger partial charge in [-0.2, -0.15) is 0 Å². The first kappa shape index (κ1) is 11.5. The lowest BCUT2D eigenvalue weighted by molar-refractivity contribution is -0.126. The number of fused-ring (bicyclic) bond motifs is 7. The van der Waals surface area contributed by atoms with Gasteiger partial charge in [-0.15, -0.1) is 0 Å². The van der Waals surface area contributed by atoms with E-state index in [0.29, 0.717) is 16.9 Å². The lowest BCUT2D eigenvalue weighted by atomic mass is 9.96. The molecule has 0 bridgehead atoms. The van der Waals surface area contributed by atoms with Crippen molar-refractivity contribution in [1.82, 2.24) is 0 Å². The number of benzene rings is 2. The number of carbonyl (C=O) groups excluding carboxylic acids is 2. The zero-order chi connectivity index (χ0) is 14.8. The van der Waals surface area contributed by atoms with Crippen LogP contribution in [0.15, 0.2) is 41.0 Å². The van der Waals surface area contributed by atoms with E-state index in [1.807, 2.05) is 18.2 Å². The first-order valence-corrected chi connectivity index (χ1v) is 6.85. The minimum atomic E-state index is -0.386. The Morgan fingerprint density at radius 1 is 1.00 bits per heavy atom. The zero-order valence-corrected chi connectivity index (χ0v) is 11.3. The molecule has 1 aliphatic heterocycles. The van der Waals surface area contributed by atoms with E-state index >= 15 is 0 Å². The molecule has 0 spiro atoms. The maximum Gasteiger partial charge on any atom is 0.336 e. The highest BCUT2D eigenvalue weighted by Gasteiger charge is 2.22. The molecule has 2 heterocycles. The largest absolute Gasteiger partial charge is 0.464 e. The molecule has 3 aromatic rings. The average molecular weight is 288 g/mol. The van der Waals surface area contributed by atoms with Gasteiger partial charge in [0.15, 0.2) is 5.78 Å². The summed E-state index contributed by atoms with van der Waals surface area (Å²) in [5.41, 5.74) is 1.26. The number of esters is 1. The van der Waals surface area contributed by atoms with E-state index in [1.165, 1.54) is 6.08 Å². The predicted molar refractivity (Wildman–Crippen MR) is 81.0 cm³/mol. The van der Waals surface area contributed by atoms with Gasteiger partial charge in [-0.05, 0) is 34.9 Å². The molecular weight excluding hydrogens is 280 g/mol. The minimum Gasteiger partial charge on any atom is -0.464 e. The summed E-state index contributed by atoms with van der Waals surface area (Å²) < 4.78 is 10.9. The van der Waals surface area contributed by atoms with Crippen molar-refractivity contribution in [2.45, 2.75) is 0 Å². The van der Waals surface area contributed by atoms with Crippen molar-refractivity contribution in [3.05, 3.63) is 52.6 Å². The third-order valence-electron chi connectivity index (χ3n) is 4.13. The summed E-state index contributed by atoms with van der Waals surface area (Å²) in [7, 11) is 0. The fourth-order valence-electron chi connectivity index (χ4n) is 3.17. The molecule has 0 atom stereocenters. The van der Waals surface area contributed by atoms with Crippen LogP contribution in [0.2, 0.25) is 0 Å². The Kier molecular flexibility index (Phi) is 1.96. The maximum atomic E-state index is 12.1. The molecule has 0 unspecified atom stereocenters. The second-order valence-corrected chi connectivity index (χ2v) is 5.35. The Morgan fingerprint density at radius 3 is 2.82 bits per heavy atom. The summed E-state index contributed by atoms with van der Waals surface area (Å²) in [6.45, 7) is 0. The van der Waals surface area contributed by atoms with Gasteiger partial charge in [0.1, 0.15) is 11.3 Å². The monoisotopic (exact) mass is 288 g/mol. The Labute approximate surface area is 123 Å². The van der Waals surface area contributed by atoms with Gasteiger partial charge in [-0.3, -0.25) is 4.79 Å². The summed E-state index contributed by atoms with van der Waals surface area (Å²) in [4.78, 5) is 23.7. The highest BCUT2D eigenvalue weighted by molar-refractivity contribution is 6.17. The van der Waals surface area contributed by atoms with Crippen LogP contribution < -0.4 is 15.2 Å². The van der Waals surface area contributed by atoms with Crippen LogP contribution in [0, 0.1) is 0 Å². The minimum absolute atomic E-state index is 0.0316.